The van der Waals surface area contributed by atoms with Gasteiger partial charge in [-0.1, -0.05) is 52.0 Å². The molecular weight excluding hydrogens is 400 g/mol. The average molecular weight is 415 g/mol. The number of benzene rings is 2. The number of hydrogen-bond donors (Lipinski definition) is 0. The van der Waals surface area contributed by atoms with Crippen LogP contribution in [-0.4, -0.2) is 33.4 Å². The average Bonchev–Trinajstić information content (AvgIpc) is 3.04. The third-order valence-electron chi connectivity index (χ3n) is 3.86. The van der Waals surface area contributed by atoms with Gasteiger partial charge in [-0.25, -0.2) is 4.98 Å². The van der Waals surface area contributed by atoms with Crippen LogP contribution in [0.4, 0.5) is 0 Å². The fourth-order valence-corrected chi connectivity index (χ4v) is 3.67. The van der Waals surface area contributed by atoms with E-state index in [2.05, 4.69) is 43.2 Å². The van der Waals surface area contributed by atoms with Crippen molar-refractivity contribution in [2.24, 2.45) is 5.10 Å². The van der Waals surface area contributed by atoms with Gasteiger partial charge < -0.3 is 4.74 Å². The Morgan fingerprint density at radius 3 is 2.60 bits per heavy atom. The fourth-order valence-electron chi connectivity index (χ4n) is 2.55. The molecule has 2 heterocycles. The maximum Gasteiger partial charge on any atom is 0.211 e. The molecule has 7 heteroatoms. The Morgan fingerprint density at radius 1 is 1.12 bits per heavy atom. The summed E-state index contributed by atoms with van der Waals surface area (Å²) in [4.78, 5) is 6.24. The summed E-state index contributed by atoms with van der Waals surface area (Å²) in [7, 11) is 1.66. The van der Waals surface area contributed by atoms with Gasteiger partial charge in [0.15, 0.2) is 5.82 Å². The van der Waals surface area contributed by atoms with Crippen molar-refractivity contribution in [3.8, 4) is 5.75 Å². The Labute approximate surface area is 158 Å². The largest absolute Gasteiger partial charge is 0.497 e. The van der Waals surface area contributed by atoms with E-state index in [0.717, 1.165) is 43.8 Å². The molecule has 0 fully saturated rings. The zero-order valence-corrected chi connectivity index (χ0v) is 15.9. The molecule has 1 aliphatic rings. The second-order valence-electron chi connectivity index (χ2n) is 5.57. The molecule has 0 saturated heterocycles. The lowest BCUT2D eigenvalue weighted by Gasteiger charge is -2.11. The minimum atomic E-state index is 0.674. The number of nitrogens with zero attached hydrogens (tertiary/aromatic N) is 4. The lowest BCUT2D eigenvalue weighted by atomic mass is 10.1. The van der Waals surface area contributed by atoms with Crippen LogP contribution in [0.2, 0.25) is 0 Å². The molecule has 0 radical (unpaired) electrons. The summed E-state index contributed by atoms with van der Waals surface area (Å²) >= 11 is 5.12. The summed E-state index contributed by atoms with van der Waals surface area (Å²) in [5, 5.41) is 10.0. The second kappa shape index (κ2) is 7.01. The Hall–Kier alpha value is -2.12. The molecule has 0 spiro atoms. The Bertz CT molecular complexity index is 919. The van der Waals surface area contributed by atoms with E-state index in [9.17, 15) is 0 Å². The smallest absolute Gasteiger partial charge is 0.211 e. The number of aromatic nitrogens is 3. The number of ether oxygens (including phenoxy) is 1. The van der Waals surface area contributed by atoms with Gasteiger partial charge in [-0.2, -0.15) is 5.10 Å². The standard InChI is InChI=1S/C18H15BrN4OS/c1-24-15-8-2-12(3-9-15)10-17-20-18-23(22-17)21-16(11-25-18)13-4-6-14(19)7-5-13/h2-9H,10-11H2,1H3. The van der Waals surface area contributed by atoms with Gasteiger partial charge in [-0.15, -0.1) is 9.89 Å². The van der Waals surface area contributed by atoms with Crippen LogP contribution >= 0.6 is 27.7 Å². The van der Waals surface area contributed by atoms with Gasteiger partial charge in [-0.3, -0.25) is 0 Å². The van der Waals surface area contributed by atoms with Crippen LogP contribution in [0.15, 0.2) is 63.3 Å². The molecule has 0 N–H and O–H groups in total. The van der Waals surface area contributed by atoms with Crippen molar-refractivity contribution < 1.29 is 4.74 Å². The molecule has 1 aromatic heterocycles. The summed E-state index contributed by atoms with van der Waals surface area (Å²) in [5.41, 5.74) is 3.25. The molecule has 126 valence electrons. The van der Waals surface area contributed by atoms with E-state index in [4.69, 9.17) is 4.74 Å². The quantitative estimate of drug-likeness (QED) is 0.647. The molecule has 0 atom stereocenters. The molecule has 25 heavy (non-hydrogen) atoms. The first-order chi connectivity index (χ1) is 12.2. The zero-order valence-electron chi connectivity index (χ0n) is 13.5. The summed E-state index contributed by atoms with van der Waals surface area (Å²) < 4.78 is 6.25. The highest BCUT2D eigenvalue weighted by atomic mass is 79.9. The van der Waals surface area contributed by atoms with Crippen molar-refractivity contribution in [1.82, 2.24) is 14.9 Å². The summed E-state index contributed by atoms with van der Waals surface area (Å²) in [6.07, 6.45) is 0.674. The Kier molecular flexibility index (Phi) is 4.59. The predicted octanol–water partition coefficient (Wildman–Crippen LogP) is 4.00. The number of thioether (sulfide) groups is 1. The van der Waals surface area contributed by atoms with E-state index in [1.165, 1.54) is 0 Å². The molecule has 2 aromatic carbocycles. The van der Waals surface area contributed by atoms with Crippen LogP contribution in [0.5, 0.6) is 5.75 Å². The molecule has 0 bridgehead atoms. The second-order valence-corrected chi connectivity index (χ2v) is 7.43. The van der Waals surface area contributed by atoms with Crippen molar-refractivity contribution >= 4 is 33.4 Å². The molecule has 4 rings (SSSR count). The molecule has 5 nitrogen and oxygen atoms in total. The van der Waals surface area contributed by atoms with Crippen LogP contribution in [0.25, 0.3) is 0 Å². The molecule has 0 saturated carbocycles. The van der Waals surface area contributed by atoms with Crippen molar-refractivity contribution in [3.63, 3.8) is 0 Å². The minimum absolute atomic E-state index is 0.674. The van der Waals surface area contributed by atoms with Gasteiger partial charge >= 0.3 is 0 Å². The molecular formula is C18H15BrN4OS. The van der Waals surface area contributed by atoms with Crippen molar-refractivity contribution in [2.75, 3.05) is 12.9 Å². The topological polar surface area (TPSA) is 52.3 Å². The van der Waals surface area contributed by atoms with Crippen molar-refractivity contribution in [1.29, 1.82) is 0 Å². The van der Waals surface area contributed by atoms with Crippen molar-refractivity contribution in [2.45, 2.75) is 11.6 Å². The number of methoxy groups -OCH3 is 1. The van der Waals surface area contributed by atoms with Gasteiger partial charge in [0.2, 0.25) is 5.16 Å². The van der Waals surface area contributed by atoms with E-state index >= 15 is 0 Å². The van der Waals surface area contributed by atoms with Crippen LogP contribution in [0.3, 0.4) is 0 Å². The number of rotatable bonds is 4. The first-order valence-corrected chi connectivity index (χ1v) is 9.54. The highest BCUT2D eigenvalue weighted by Crippen LogP contribution is 2.24. The fraction of sp³-hybridized carbons (Fsp3) is 0.167. The first-order valence-electron chi connectivity index (χ1n) is 7.77. The highest BCUT2D eigenvalue weighted by molar-refractivity contribution is 9.10. The molecule has 3 aromatic rings. The van der Waals surface area contributed by atoms with E-state index in [0.29, 0.717) is 6.42 Å². The third-order valence-corrected chi connectivity index (χ3v) is 5.32. The summed E-state index contributed by atoms with van der Waals surface area (Å²) in [6, 6.07) is 16.1. The lowest BCUT2D eigenvalue weighted by Crippen LogP contribution is -2.13. The number of fused-ring (bicyclic) bond motifs is 1. The zero-order chi connectivity index (χ0) is 17.2. The van der Waals surface area contributed by atoms with Gasteiger partial charge in [0.25, 0.3) is 0 Å². The van der Waals surface area contributed by atoms with Gasteiger partial charge in [0.1, 0.15) is 5.75 Å². The Balaban J connectivity index is 1.56. The normalized spacial score (nSPS) is 13.3. The Morgan fingerprint density at radius 2 is 1.88 bits per heavy atom. The molecule has 0 unspecified atom stereocenters. The van der Waals surface area contributed by atoms with E-state index < -0.39 is 0 Å². The van der Waals surface area contributed by atoms with Crippen LogP contribution in [-0.2, 0) is 6.42 Å². The van der Waals surface area contributed by atoms with E-state index in [1.54, 1.807) is 23.7 Å². The minimum Gasteiger partial charge on any atom is -0.497 e. The van der Waals surface area contributed by atoms with Crippen LogP contribution in [0, 0.1) is 0 Å². The molecule has 0 amide bonds. The summed E-state index contributed by atoms with van der Waals surface area (Å²) in [6.45, 7) is 0. The predicted molar refractivity (Wildman–Crippen MR) is 103 cm³/mol. The van der Waals surface area contributed by atoms with Crippen LogP contribution in [0.1, 0.15) is 17.0 Å². The molecule has 0 aliphatic carbocycles. The van der Waals surface area contributed by atoms with Crippen molar-refractivity contribution in [3.05, 3.63) is 70.0 Å². The van der Waals surface area contributed by atoms with Gasteiger partial charge in [-0.05, 0) is 35.4 Å². The van der Waals surface area contributed by atoms with E-state index in [1.807, 2.05) is 36.4 Å². The SMILES string of the molecule is COc1ccc(Cc2nc3n(n2)N=C(c2ccc(Br)cc2)CS3)cc1. The summed E-state index contributed by atoms with van der Waals surface area (Å²) in [5.74, 6) is 2.41. The van der Waals surface area contributed by atoms with Crippen LogP contribution < -0.4 is 4.74 Å². The van der Waals surface area contributed by atoms with Gasteiger partial charge in [0, 0.05) is 16.6 Å². The maximum absolute atomic E-state index is 5.19. The maximum atomic E-state index is 5.19. The number of hydrogen-bond acceptors (Lipinski definition) is 5. The first kappa shape index (κ1) is 16.4. The molecule has 1 aliphatic heterocycles. The van der Waals surface area contributed by atoms with E-state index in [-0.39, 0.29) is 0 Å². The van der Waals surface area contributed by atoms with Gasteiger partial charge in [0.05, 0.1) is 12.8 Å². The highest BCUT2D eigenvalue weighted by Gasteiger charge is 2.18. The third kappa shape index (κ3) is 3.62. The monoisotopic (exact) mass is 414 g/mol. The number of halogens is 1. The lowest BCUT2D eigenvalue weighted by molar-refractivity contribution is 0.414.